The van der Waals surface area contributed by atoms with E-state index in [2.05, 4.69) is 4.72 Å². The summed E-state index contributed by atoms with van der Waals surface area (Å²) in [6, 6.07) is 1.80. The first-order chi connectivity index (χ1) is 9.72. The van der Waals surface area contributed by atoms with Crippen LogP contribution in [-0.4, -0.2) is 26.0 Å². The number of carbonyl (C=O) groups is 1. The van der Waals surface area contributed by atoms with E-state index in [-0.39, 0.29) is 28.5 Å². The monoisotopic (exact) mass is 317 g/mol. The molecule has 0 unspecified atom stereocenters. The van der Waals surface area contributed by atoms with Crippen LogP contribution in [0, 0.1) is 18.7 Å². The van der Waals surface area contributed by atoms with Gasteiger partial charge in [0.1, 0.15) is 5.82 Å². The van der Waals surface area contributed by atoms with E-state index in [9.17, 15) is 17.6 Å². The topological polar surface area (TPSA) is 83.5 Å². The molecule has 0 saturated carbocycles. The standard InChI is InChI=1S/C14H20FNO4S/c1-4-10(5-2)8-16-21(19,20)13-7-11(14(17)18)6-12(15)9(13)3/h6-7,10,16H,4-5,8H2,1-3H3,(H,17,18). The normalized spacial score (nSPS) is 11.9. The number of aromatic carboxylic acids is 1. The van der Waals surface area contributed by atoms with Gasteiger partial charge in [-0.2, -0.15) is 0 Å². The van der Waals surface area contributed by atoms with E-state index in [0.29, 0.717) is 0 Å². The first kappa shape index (κ1) is 17.6. The lowest BCUT2D eigenvalue weighted by Gasteiger charge is -2.15. The minimum Gasteiger partial charge on any atom is -0.478 e. The summed E-state index contributed by atoms with van der Waals surface area (Å²) in [5.74, 6) is -2.03. The Morgan fingerprint density at radius 3 is 2.38 bits per heavy atom. The first-order valence-corrected chi connectivity index (χ1v) is 8.24. The molecular weight excluding hydrogens is 297 g/mol. The SMILES string of the molecule is CCC(CC)CNS(=O)(=O)c1cc(C(=O)O)cc(F)c1C. The second-order valence-electron chi connectivity index (χ2n) is 4.92. The molecule has 7 heteroatoms. The van der Waals surface area contributed by atoms with Crippen molar-refractivity contribution in [2.24, 2.45) is 5.92 Å². The van der Waals surface area contributed by atoms with Crippen LogP contribution in [0.25, 0.3) is 0 Å². The van der Waals surface area contributed by atoms with Gasteiger partial charge in [0, 0.05) is 12.1 Å². The third-order valence-corrected chi connectivity index (χ3v) is 5.10. The van der Waals surface area contributed by atoms with Crippen molar-refractivity contribution < 1.29 is 22.7 Å². The maximum Gasteiger partial charge on any atom is 0.335 e. The summed E-state index contributed by atoms with van der Waals surface area (Å²) < 4.78 is 40.6. The molecule has 0 atom stereocenters. The maximum absolute atomic E-state index is 13.7. The lowest BCUT2D eigenvalue weighted by Crippen LogP contribution is -2.30. The van der Waals surface area contributed by atoms with Crippen LogP contribution in [0.5, 0.6) is 0 Å². The predicted molar refractivity (Wildman–Crippen MR) is 77.4 cm³/mol. The molecule has 5 nitrogen and oxygen atoms in total. The van der Waals surface area contributed by atoms with Crippen molar-refractivity contribution in [3.8, 4) is 0 Å². The molecule has 0 fully saturated rings. The third-order valence-electron chi connectivity index (χ3n) is 3.55. The van der Waals surface area contributed by atoms with Crippen molar-refractivity contribution in [3.63, 3.8) is 0 Å². The average Bonchev–Trinajstić information content (AvgIpc) is 2.42. The number of carboxylic acids is 1. The molecule has 0 bridgehead atoms. The van der Waals surface area contributed by atoms with Gasteiger partial charge in [-0.05, 0) is 25.0 Å². The number of nitrogens with one attached hydrogen (secondary N) is 1. The van der Waals surface area contributed by atoms with Crippen LogP contribution in [0.3, 0.4) is 0 Å². The van der Waals surface area contributed by atoms with E-state index in [1.165, 1.54) is 6.92 Å². The molecular formula is C14H20FNO4S. The zero-order valence-corrected chi connectivity index (χ0v) is 13.1. The smallest absolute Gasteiger partial charge is 0.335 e. The van der Waals surface area contributed by atoms with Gasteiger partial charge in [-0.15, -0.1) is 0 Å². The number of sulfonamides is 1. The second kappa shape index (κ2) is 7.00. The van der Waals surface area contributed by atoms with Crippen molar-refractivity contribution >= 4 is 16.0 Å². The predicted octanol–water partition coefficient (Wildman–Crippen LogP) is 2.55. The first-order valence-electron chi connectivity index (χ1n) is 6.76. The molecule has 118 valence electrons. The van der Waals surface area contributed by atoms with E-state index in [1.807, 2.05) is 13.8 Å². The molecule has 0 aliphatic carbocycles. The van der Waals surface area contributed by atoms with Crippen LogP contribution in [0.1, 0.15) is 42.6 Å². The fraction of sp³-hybridized carbons (Fsp3) is 0.500. The Morgan fingerprint density at radius 1 is 1.33 bits per heavy atom. The molecule has 1 aromatic carbocycles. The largest absolute Gasteiger partial charge is 0.478 e. The highest BCUT2D eigenvalue weighted by Gasteiger charge is 2.22. The molecule has 1 rings (SSSR count). The highest BCUT2D eigenvalue weighted by molar-refractivity contribution is 7.89. The highest BCUT2D eigenvalue weighted by atomic mass is 32.2. The summed E-state index contributed by atoms with van der Waals surface area (Å²) in [6.07, 6.45) is 1.64. The van der Waals surface area contributed by atoms with E-state index in [1.54, 1.807) is 0 Å². The van der Waals surface area contributed by atoms with Gasteiger partial charge in [-0.3, -0.25) is 0 Å². The number of benzene rings is 1. The van der Waals surface area contributed by atoms with Gasteiger partial charge in [0.05, 0.1) is 10.5 Å². The van der Waals surface area contributed by atoms with Crippen molar-refractivity contribution in [2.75, 3.05) is 6.54 Å². The molecule has 0 heterocycles. The lowest BCUT2D eigenvalue weighted by molar-refractivity contribution is 0.0696. The quantitative estimate of drug-likeness (QED) is 0.809. The number of rotatable bonds is 7. The molecule has 0 radical (unpaired) electrons. The highest BCUT2D eigenvalue weighted by Crippen LogP contribution is 2.21. The number of carboxylic acid groups (broad SMARTS) is 1. The third kappa shape index (κ3) is 4.25. The molecule has 0 aliphatic heterocycles. The zero-order valence-electron chi connectivity index (χ0n) is 12.3. The van der Waals surface area contributed by atoms with Gasteiger partial charge in [0.2, 0.25) is 10.0 Å². The Labute approximate surface area is 124 Å². The summed E-state index contributed by atoms with van der Waals surface area (Å²) in [5, 5.41) is 8.90. The van der Waals surface area contributed by atoms with Gasteiger partial charge in [0.25, 0.3) is 0 Å². The Kier molecular flexibility index (Phi) is 5.86. The number of halogens is 1. The summed E-state index contributed by atoms with van der Waals surface area (Å²) in [5.41, 5.74) is -0.474. The van der Waals surface area contributed by atoms with Crippen molar-refractivity contribution in [2.45, 2.75) is 38.5 Å². The van der Waals surface area contributed by atoms with Crippen molar-refractivity contribution in [1.82, 2.24) is 4.72 Å². The molecule has 0 saturated heterocycles. The van der Waals surface area contributed by atoms with Crippen LogP contribution in [-0.2, 0) is 10.0 Å². The summed E-state index contributed by atoms with van der Waals surface area (Å²) in [7, 11) is -3.94. The summed E-state index contributed by atoms with van der Waals surface area (Å²) >= 11 is 0. The van der Waals surface area contributed by atoms with Gasteiger partial charge < -0.3 is 5.11 Å². The van der Waals surface area contributed by atoms with Gasteiger partial charge >= 0.3 is 5.97 Å². The second-order valence-corrected chi connectivity index (χ2v) is 6.66. The Hall–Kier alpha value is -1.47. The van der Waals surface area contributed by atoms with Crippen LogP contribution >= 0.6 is 0 Å². The lowest BCUT2D eigenvalue weighted by atomic mass is 10.0. The molecule has 0 aromatic heterocycles. The van der Waals surface area contributed by atoms with Gasteiger partial charge in [-0.25, -0.2) is 22.3 Å². The van der Waals surface area contributed by atoms with Gasteiger partial charge in [0.15, 0.2) is 0 Å². The number of hydrogen-bond donors (Lipinski definition) is 2. The van der Waals surface area contributed by atoms with Crippen LogP contribution in [0.15, 0.2) is 17.0 Å². The van der Waals surface area contributed by atoms with E-state index < -0.39 is 21.8 Å². The minimum absolute atomic E-state index is 0.0861. The molecule has 0 aliphatic rings. The Morgan fingerprint density at radius 2 is 1.90 bits per heavy atom. The molecule has 0 spiro atoms. The van der Waals surface area contributed by atoms with E-state index >= 15 is 0 Å². The van der Waals surface area contributed by atoms with Crippen LogP contribution in [0.2, 0.25) is 0 Å². The van der Waals surface area contributed by atoms with Crippen LogP contribution in [0.4, 0.5) is 4.39 Å². The van der Waals surface area contributed by atoms with Crippen molar-refractivity contribution in [3.05, 3.63) is 29.1 Å². The Bertz CT molecular complexity index is 624. The fourth-order valence-electron chi connectivity index (χ4n) is 1.94. The Balaban J connectivity index is 3.16. The molecule has 21 heavy (non-hydrogen) atoms. The van der Waals surface area contributed by atoms with Crippen LogP contribution < -0.4 is 4.72 Å². The minimum atomic E-state index is -3.94. The fourth-order valence-corrected chi connectivity index (χ4v) is 3.33. The number of hydrogen-bond acceptors (Lipinski definition) is 3. The van der Waals surface area contributed by atoms with E-state index in [4.69, 9.17) is 5.11 Å². The summed E-state index contributed by atoms with van der Waals surface area (Å²) in [6.45, 7) is 5.47. The van der Waals surface area contributed by atoms with Crippen molar-refractivity contribution in [1.29, 1.82) is 0 Å². The molecule has 0 amide bonds. The summed E-state index contributed by atoms with van der Waals surface area (Å²) in [4.78, 5) is 10.6. The van der Waals surface area contributed by atoms with Gasteiger partial charge in [-0.1, -0.05) is 26.7 Å². The zero-order chi connectivity index (χ0) is 16.2. The molecule has 1 aromatic rings. The maximum atomic E-state index is 13.7. The van der Waals surface area contributed by atoms with E-state index in [0.717, 1.165) is 25.0 Å². The molecule has 2 N–H and O–H groups in total. The average molecular weight is 317 g/mol.